The Kier molecular flexibility index (Phi) is 5.58. The molecule has 0 unspecified atom stereocenters. The van der Waals surface area contributed by atoms with Crippen molar-refractivity contribution in [1.29, 1.82) is 0 Å². The molecule has 0 saturated carbocycles. The predicted octanol–water partition coefficient (Wildman–Crippen LogP) is 2.47. The number of nitrogens with zero attached hydrogens (tertiary/aromatic N) is 1. The van der Waals surface area contributed by atoms with Gasteiger partial charge in [-0.1, -0.05) is 29.8 Å². The van der Waals surface area contributed by atoms with Gasteiger partial charge in [-0.25, -0.2) is 0 Å². The molecule has 0 saturated heterocycles. The largest absolute Gasteiger partial charge is 0.483 e. The molecule has 4 nitrogen and oxygen atoms in total. The summed E-state index contributed by atoms with van der Waals surface area (Å²) in [6.45, 7) is 3.78. The molecule has 112 valence electrons. The SMILES string of the molecule is Cc1ccc(COc2cccn(CCCCN)c2=O)cc1. The van der Waals surface area contributed by atoms with E-state index in [9.17, 15) is 4.79 Å². The van der Waals surface area contributed by atoms with Crippen LogP contribution in [0.5, 0.6) is 5.75 Å². The Balaban J connectivity index is 2.01. The van der Waals surface area contributed by atoms with Crippen molar-refractivity contribution in [1.82, 2.24) is 4.57 Å². The lowest BCUT2D eigenvalue weighted by Gasteiger charge is -2.09. The first-order valence-corrected chi connectivity index (χ1v) is 7.28. The van der Waals surface area contributed by atoms with Gasteiger partial charge < -0.3 is 15.0 Å². The van der Waals surface area contributed by atoms with Crippen LogP contribution in [0.15, 0.2) is 47.4 Å². The van der Waals surface area contributed by atoms with Crippen LogP contribution in [0.4, 0.5) is 0 Å². The van der Waals surface area contributed by atoms with E-state index in [0.717, 1.165) is 18.4 Å². The Bertz CT molecular complexity index is 617. The monoisotopic (exact) mass is 286 g/mol. The molecule has 0 aliphatic heterocycles. The first-order valence-electron chi connectivity index (χ1n) is 7.28. The molecule has 1 aromatic carbocycles. The van der Waals surface area contributed by atoms with E-state index in [1.807, 2.05) is 37.3 Å². The van der Waals surface area contributed by atoms with Gasteiger partial charge in [-0.05, 0) is 44.0 Å². The number of nitrogens with two attached hydrogens (primary N) is 1. The molecule has 1 heterocycles. The Morgan fingerprint density at radius 3 is 2.62 bits per heavy atom. The summed E-state index contributed by atoms with van der Waals surface area (Å²) in [6, 6.07) is 11.7. The summed E-state index contributed by atoms with van der Waals surface area (Å²) in [5.41, 5.74) is 7.65. The molecular weight excluding hydrogens is 264 g/mol. The summed E-state index contributed by atoms with van der Waals surface area (Å²) < 4.78 is 7.33. The third kappa shape index (κ3) is 4.46. The van der Waals surface area contributed by atoms with Crippen molar-refractivity contribution in [3.63, 3.8) is 0 Å². The number of unbranched alkanes of at least 4 members (excludes halogenated alkanes) is 1. The molecule has 21 heavy (non-hydrogen) atoms. The minimum absolute atomic E-state index is 0.0818. The van der Waals surface area contributed by atoms with Crippen LogP contribution in [-0.4, -0.2) is 11.1 Å². The van der Waals surface area contributed by atoms with Crippen molar-refractivity contribution in [2.75, 3.05) is 6.54 Å². The van der Waals surface area contributed by atoms with Crippen LogP contribution >= 0.6 is 0 Å². The van der Waals surface area contributed by atoms with E-state index < -0.39 is 0 Å². The molecule has 0 atom stereocenters. The number of aromatic nitrogens is 1. The molecule has 0 amide bonds. The molecule has 0 aliphatic carbocycles. The number of hydrogen-bond acceptors (Lipinski definition) is 3. The van der Waals surface area contributed by atoms with Crippen molar-refractivity contribution >= 4 is 0 Å². The Morgan fingerprint density at radius 2 is 1.90 bits per heavy atom. The van der Waals surface area contributed by atoms with E-state index in [1.165, 1.54) is 5.56 Å². The molecule has 2 N–H and O–H groups in total. The van der Waals surface area contributed by atoms with Crippen LogP contribution in [0, 0.1) is 6.92 Å². The second-order valence-corrected chi connectivity index (χ2v) is 5.14. The summed E-state index contributed by atoms with van der Waals surface area (Å²) in [7, 11) is 0. The van der Waals surface area contributed by atoms with E-state index in [2.05, 4.69) is 0 Å². The molecule has 0 aliphatic rings. The second kappa shape index (κ2) is 7.64. The zero-order valence-electron chi connectivity index (χ0n) is 12.4. The molecule has 0 radical (unpaired) electrons. The highest BCUT2D eigenvalue weighted by Gasteiger charge is 2.04. The molecule has 0 bridgehead atoms. The highest BCUT2D eigenvalue weighted by Crippen LogP contribution is 2.08. The third-order valence-electron chi connectivity index (χ3n) is 3.35. The van der Waals surface area contributed by atoms with Crippen LogP contribution in [0.1, 0.15) is 24.0 Å². The lowest BCUT2D eigenvalue weighted by molar-refractivity contribution is 0.298. The summed E-state index contributed by atoms with van der Waals surface area (Å²) in [5.74, 6) is 0.394. The van der Waals surface area contributed by atoms with Gasteiger partial charge in [0.1, 0.15) is 6.61 Å². The number of pyridine rings is 1. The van der Waals surface area contributed by atoms with Gasteiger partial charge in [-0.15, -0.1) is 0 Å². The minimum Gasteiger partial charge on any atom is -0.483 e. The number of aryl methyl sites for hydroxylation is 2. The van der Waals surface area contributed by atoms with Gasteiger partial charge in [0.15, 0.2) is 5.75 Å². The second-order valence-electron chi connectivity index (χ2n) is 5.14. The van der Waals surface area contributed by atoms with Gasteiger partial charge in [-0.3, -0.25) is 4.79 Å². The zero-order valence-corrected chi connectivity index (χ0v) is 12.4. The summed E-state index contributed by atoms with van der Waals surface area (Å²) in [4.78, 5) is 12.2. The summed E-state index contributed by atoms with van der Waals surface area (Å²) in [6.07, 6.45) is 3.61. The Labute approximate surface area is 125 Å². The number of benzene rings is 1. The zero-order chi connectivity index (χ0) is 15.1. The van der Waals surface area contributed by atoms with Gasteiger partial charge in [0.25, 0.3) is 5.56 Å². The van der Waals surface area contributed by atoms with E-state index in [-0.39, 0.29) is 5.56 Å². The summed E-state index contributed by atoms with van der Waals surface area (Å²) >= 11 is 0. The van der Waals surface area contributed by atoms with E-state index in [1.54, 1.807) is 16.8 Å². The first-order chi connectivity index (χ1) is 10.2. The highest BCUT2D eigenvalue weighted by molar-refractivity contribution is 5.22. The van der Waals surface area contributed by atoms with E-state index >= 15 is 0 Å². The summed E-state index contributed by atoms with van der Waals surface area (Å²) in [5, 5.41) is 0. The fourth-order valence-electron chi connectivity index (χ4n) is 2.07. The Hall–Kier alpha value is -2.07. The van der Waals surface area contributed by atoms with Crippen molar-refractivity contribution in [3.05, 3.63) is 64.1 Å². The maximum absolute atomic E-state index is 12.2. The van der Waals surface area contributed by atoms with Gasteiger partial charge in [0.05, 0.1) is 0 Å². The normalized spacial score (nSPS) is 10.6. The van der Waals surface area contributed by atoms with Gasteiger partial charge in [0, 0.05) is 12.7 Å². The first kappa shape index (κ1) is 15.3. The lowest BCUT2D eigenvalue weighted by Crippen LogP contribution is -2.21. The molecule has 0 fully saturated rings. The quantitative estimate of drug-likeness (QED) is 0.796. The van der Waals surface area contributed by atoms with Gasteiger partial charge in [0.2, 0.25) is 0 Å². The fraction of sp³-hybridized carbons (Fsp3) is 0.353. The van der Waals surface area contributed by atoms with Gasteiger partial charge in [-0.2, -0.15) is 0 Å². The average Bonchev–Trinajstić information content (AvgIpc) is 2.49. The van der Waals surface area contributed by atoms with E-state index in [4.69, 9.17) is 10.5 Å². The fourth-order valence-corrected chi connectivity index (χ4v) is 2.07. The van der Waals surface area contributed by atoms with E-state index in [0.29, 0.717) is 25.4 Å². The number of ether oxygens (including phenoxy) is 1. The molecule has 4 heteroatoms. The van der Waals surface area contributed by atoms with Crippen molar-refractivity contribution < 1.29 is 4.74 Å². The predicted molar refractivity (Wildman–Crippen MR) is 84.5 cm³/mol. The van der Waals surface area contributed by atoms with Crippen molar-refractivity contribution in [2.45, 2.75) is 32.9 Å². The van der Waals surface area contributed by atoms with Crippen LogP contribution in [-0.2, 0) is 13.2 Å². The van der Waals surface area contributed by atoms with Gasteiger partial charge >= 0.3 is 0 Å². The number of hydrogen-bond donors (Lipinski definition) is 1. The highest BCUT2D eigenvalue weighted by atomic mass is 16.5. The topological polar surface area (TPSA) is 57.2 Å². The molecule has 0 spiro atoms. The van der Waals surface area contributed by atoms with Crippen LogP contribution in [0.2, 0.25) is 0 Å². The van der Waals surface area contributed by atoms with Crippen molar-refractivity contribution in [3.8, 4) is 5.75 Å². The molecule has 1 aromatic heterocycles. The average molecular weight is 286 g/mol. The smallest absolute Gasteiger partial charge is 0.292 e. The third-order valence-corrected chi connectivity index (χ3v) is 3.35. The van der Waals surface area contributed by atoms with Crippen LogP contribution < -0.4 is 16.0 Å². The van der Waals surface area contributed by atoms with Crippen LogP contribution in [0.25, 0.3) is 0 Å². The minimum atomic E-state index is -0.0818. The standard InChI is InChI=1S/C17H22N2O2/c1-14-6-8-15(9-7-14)13-21-16-5-4-12-19(17(16)20)11-3-2-10-18/h4-9,12H,2-3,10-11,13,18H2,1H3. The maximum Gasteiger partial charge on any atom is 0.292 e. The lowest BCUT2D eigenvalue weighted by atomic mass is 10.2. The van der Waals surface area contributed by atoms with Crippen LogP contribution in [0.3, 0.4) is 0 Å². The Morgan fingerprint density at radius 1 is 1.14 bits per heavy atom. The maximum atomic E-state index is 12.2. The number of rotatable bonds is 7. The molecule has 2 aromatic rings. The molecule has 2 rings (SSSR count). The van der Waals surface area contributed by atoms with Crippen molar-refractivity contribution in [2.24, 2.45) is 5.73 Å². The molecular formula is C17H22N2O2.